The van der Waals surface area contributed by atoms with E-state index in [9.17, 15) is 4.79 Å². The number of hydrogen-bond donors (Lipinski definition) is 1. The lowest BCUT2D eigenvalue weighted by Gasteiger charge is -2.18. The summed E-state index contributed by atoms with van der Waals surface area (Å²) >= 11 is 0. The molecule has 1 atom stereocenters. The molecule has 0 aliphatic rings. The van der Waals surface area contributed by atoms with Crippen LogP contribution in [0.15, 0.2) is 24.3 Å². The Morgan fingerprint density at radius 3 is 2.14 bits per heavy atom. The molecule has 3 heteroatoms. The minimum absolute atomic E-state index is 0.0330. The molecule has 0 fully saturated rings. The second kappa shape index (κ2) is 9.62. The second-order valence-electron chi connectivity index (χ2n) is 6.50. The van der Waals surface area contributed by atoms with E-state index in [2.05, 4.69) is 57.0 Å². The van der Waals surface area contributed by atoms with Crippen molar-refractivity contribution >= 4 is 5.91 Å². The number of benzene rings is 1. The van der Waals surface area contributed by atoms with E-state index in [-0.39, 0.29) is 11.9 Å². The van der Waals surface area contributed by atoms with Crippen LogP contribution in [-0.2, 0) is 6.54 Å². The van der Waals surface area contributed by atoms with E-state index >= 15 is 0 Å². The van der Waals surface area contributed by atoms with Gasteiger partial charge in [0, 0.05) is 18.2 Å². The molecule has 0 heterocycles. The molecular weight excluding hydrogens is 272 g/mol. The summed E-state index contributed by atoms with van der Waals surface area (Å²) in [5.74, 6) is 0.712. The topological polar surface area (TPSA) is 32.3 Å². The van der Waals surface area contributed by atoms with Gasteiger partial charge in [0.05, 0.1) is 0 Å². The Labute approximate surface area is 136 Å². The summed E-state index contributed by atoms with van der Waals surface area (Å²) in [5, 5.41) is 3.08. The first-order valence-electron chi connectivity index (χ1n) is 8.58. The van der Waals surface area contributed by atoms with Crippen LogP contribution < -0.4 is 5.32 Å². The lowest BCUT2D eigenvalue weighted by molar-refractivity contribution is 0.0937. The van der Waals surface area contributed by atoms with E-state index in [1.54, 1.807) is 0 Å². The molecule has 1 amide bonds. The van der Waals surface area contributed by atoms with Gasteiger partial charge in [-0.05, 0) is 56.5 Å². The Morgan fingerprint density at radius 1 is 1.05 bits per heavy atom. The van der Waals surface area contributed by atoms with Crippen LogP contribution in [0, 0.1) is 5.92 Å². The fourth-order valence-corrected chi connectivity index (χ4v) is 2.43. The molecule has 1 aromatic carbocycles. The van der Waals surface area contributed by atoms with Crippen molar-refractivity contribution in [1.29, 1.82) is 0 Å². The summed E-state index contributed by atoms with van der Waals surface area (Å²) in [6, 6.07) is 8.22. The lowest BCUT2D eigenvalue weighted by Crippen LogP contribution is -2.32. The molecule has 0 aromatic heterocycles. The van der Waals surface area contributed by atoms with Gasteiger partial charge in [0.25, 0.3) is 5.91 Å². The summed E-state index contributed by atoms with van der Waals surface area (Å²) in [4.78, 5) is 14.6. The molecule has 22 heavy (non-hydrogen) atoms. The first kappa shape index (κ1) is 18.7. The zero-order valence-electron chi connectivity index (χ0n) is 14.9. The molecule has 0 unspecified atom stereocenters. The Balaban J connectivity index is 2.53. The van der Waals surface area contributed by atoms with Crippen LogP contribution in [0.25, 0.3) is 0 Å². The van der Waals surface area contributed by atoms with Crippen molar-refractivity contribution in [3.05, 3.63) is 35.4 Å². The molecular formula is C19H32N2O. The van der Waals surface area contributed by atoms with Crippen molar-refractivity contribution in [1.82, 2.24) is 10.2 Å². The van der Waals surface area contributed by atoms with Crippen LogP contribution >= 0.6 is 0 Å². The number of carbonyl (C=O) groups is 1. The van der Waals surface area contributed by atoms with Gasteiger partial charge in [0.2, 0.25) is 0 Å². The zero-order valence-corrected chi connectivity index (χ0v) is 14.9. The maximum Gasteiger partial charge on any atom is 0.251 e. The largest absolute Gasteiger partial charge is 0.350 e. The van der Waals surface area contributed by atoms with Gasteiger partial charge in [-0.1, -0.05) is 39.8 Å². The van der Waals surface area contributed by atoms with Crippen molar-refractivity contribution in [2.45, 2.75) is 60.0 Å². The summed E-state index contributed by atoms with van der Waals surface area (Å²) in [6.45, 7) is 13.9. The molecule has 1 aromatic rings. The molecule has 0 saturated carbocycles. The minimum atomic E-state index is 0.0330. The number of rotatable bonds is 9. The third kappa shape index (κ3) is 6.61. The fourth-order valence-electron chi connectivity index (χ4n) is 2.43. The molecule has 0 spiro atoms. The minimum Gasteiger partial charge on any atom is -0.350 e. The van der Waals surface area contributed by atoms with Crippen molar-refractivity contribution in [2.24, 2.45) is 5.92 Å². The SMILES string of the molecule is CCN(CC)Cc1ccc(C(=O)N[C@@H](C)CCC(C)C)cc1. The zero-order chi connectivity index (χ0) is 16.5. The van der Waals surface area contributed by atoms with E-state index in [0.29, 0.717) is 5.92 Å². The molecule has 3 nitrogen and oxygen atoms in total. The van der Waals surface area contributed by atoms with Crippen LogP contribution in [0.3, 0.4) is 0 Å². The quantitative estimate of drug-likeness (QED) is 0.745. The van der Waals surface area contributed by atoms with Crippen LogP contribution in [0.2, 0.25) is 0 Å². The molecule has 0 radical (unpaired) electrons. The third-order valence-electron chi connectivity index (χ3n) is 4.07. The molecule has 1 N–H and O–H groups in total. The van der Waals surface area contributed by atoms with Crippen molar-refractivity contribution < 1.29 is 4.79 Å². The Hall–Kier alpha value is -1.35. The number of carbonyl (C=O) groups excluding carboxylic acids is 1. The first-order chi connectivity index (χ1) is 10.5. The van der Waals surface area contributed by atoms with Crippen molar-refractivity contribution in [2.75, 3.05) is 13.1 Å². The first-order valence-corrected chi connectivity index (χ1v) is 8.58. The Morgan fingerprint density at radius 2 is 1.64 bits per heavy atom. The van der Waals surface area contributed by atoms with Crippen LogP contribution in [0.5, 0.6) is 0 Å². The van der Waals surface area contributed by atoms with E-state index in [1.165, 1.54) is 5.56 Å². The highest BCUT2D eigenvalue weighted by Gasteiger charge is 2.10. The highest BCUT2D eigenvalue weighted by Crippen LogP contribution is 2.10. The molecule has 0 aliphatic heterocycles. The number of amides is 1. The maximum absolute atomic E-state index is 12.2. The maximum atomic E-state index is 12.2. The standard InChI is InChI=1S/C19H32N2O/c1-6-21(7-2)14-17-10-12-18(13-11-17)19(22)20-16(5)9-8-15(3)4/h10-13,15-16H,6-9,14H2,1-5H3,(H,20,22)/t16-/m0/s1. The number of nitrogens with zero attached hydrogens (tertiary/aromatic N) is 1. The van der Waals surface area contributed by atoms with Gasteiger partial charge in [0.1, 0.15) is 0 Å². The fraction of sp³-hybridized carbons (Fsp3) is 0.632. The Bertz CT molecular complexity index is 435. The normalized spacial score (nSPS) is 12.7. The molecule has 124 valence electrons. The van der Waals surface area contributed by atoms with Crippen LogP contribution in [-0.4, -0.2) is 29.9 Å². The van der Waals surface area contributed by atoms with Gasteiger partial charge in [-0.25, -0.2) is 0 Å². The van der Waals surface area contributed by atoms with Gasteiger partial charge in [0.15, 0.2) is 0 Å². The molecule has 1 rings (SSSR count). The Kier molecular flexibility index (Phi) is 8.18. The summed E-state index contributed by atoms with van der Waals surface area (Å²) in [5.41, 5.74) is 2.01. The third-order valence-corrected chi connectivity index (χ3v) is 4.07. The van der Waals surface area contributed by atoms with Gasteiger partial charge >= 0.3 is 0 Å². The number of nitrogens with one attached hydrogen (secondary N) is 1. The number of hydrogen-bond acceptors (Lipinski definition) is 2. The summed E-state index contributed by atoms with van der Waals surface area (Å²) in [6.07, 6.45) is 2.17. The van der Waals surface area contributed by atoms with Crippen LogP contribution in [0.4, 0.5) is 0 Å². The summed E-state index contributed by atoms with van der Waals surface area (Å²) < 4.78 is 0. The van der Waals surface area contributed by atoms with Gasteiger partial charge in [-0.15, -0.1) is 0 Å². The molecule has 0 bridgehead atoms. The van der Waals surface area contributed by atoms with E-state index in [1.807, 2.05) is 12.1 Å². The highest BCUT2D eigenvalue weighted by molar-refractivity contribution is 5.94. The van der Waals surface area contributed by atoms with Gasteiger partial charge < -0.3 is 5.32 Å². The highest BCUT2D eigenvalue weighted by atomic mass is 16.1. The van der Waals surface area contributed by atoms with Crippen molar-refractivity contribution in [3.63, 3.8) is 0 Å². The van der Waals surface area contributed by atoms with Gasteiger partial charge in [-0.2, -0.15) is 0 Å². The van der Waals surface area contributed by atoms with E-state index < -0.39 is 0 Å². The van der Waals surface area contributed by atoms with Crippen molar-refractivity contribution in [3.8, 4) is 0 Å². The van der Waals surface area contributed by atoms with Gasteiger partial charge in [-0.3, -0.25) is 9.69 Å². The summed E-state index contributed by atoms with van der Waals surface area (Å²) in [7, 11) is 0. The molecule has 0 saturated heterocycles. The predicted molar refractivity (Wildman–Crippen MR) is 94.1 cm³/mol. The van der Waals surface area contributed by atoms with E-state index in [0.717, 1.165) is 38.0 Å². The average Bonchev–Trinajstić information content (AvgIpc) is 2.51. The predicted octanol–water partition coefficient (Wildman–Crippen LogP) is 4.08. The smallest absolute Gasteiger partial charge is 0.251 e. The second-order valence-corrected chi connectivity index (χ2v) is 6.50. The monoisotopic (exact) mass is 304 g/mol. The van der Waals surface area contributed by atoms with E-state index in [4.69, 9.17) is 0 Å². The molecule has 0 aliphatic carbocycles. The average molecular weight is 304 g/mol. The lowest BCUT2D eigenvalue weighted by atomic mass is 10.0. The van der Waals surface area contributed by atoms with Crippen LogP contribution in [0.1, 0.15) is 63.4 Å².